The van der Waals surface area contributed by atoms with Crippen molar-refractivity contribution in [2.75, 3.05) is 22.1 Å². The number of carbonyl (C=O) groups is 2. The minimum Gasteiger partial charge on any atom is -0.334 e. The van der Waals surface area contributed by atoms with Crippen LogP contribution in [0.5, 0.6) is 0 Å². The van der Waals surface area contributed by atoms with E-state index < -0.39 is 21.9 Å². The van der Waals surface area contributed by atoms with E-state index in [1.807, 2.05) is 0 Å². The number of anilines is 2. The number of benzene rings is 2. The zero-order chi connectivity index (χ0) is 19.4. The molecule has 142 valence electrons. The number of nitrogens with one attached hydrogen (secondary N) is 3. The summed E-state index contributed by atoms with van der Waals surface area (Å²) < 4.78 is 22.9. The topological polar surface area (TPSA) is 104 Å². The lowest BCUT2D eigenvalue weighted by Gasteiger charge is -2.13. The standard InChI is InChI=1S/C18H18ClN3O4S/c19-13-4-6-14(7-5-13)20-17(23)12-2-1-3-15(10-12)21-18(24)22-16-8-9-27(25,26)11-16/h1-7,10,16H,8-9,11H2,(H,20,23)(H2,21,22,24)/t16-/m0/s1. The second kappa shape index (κ2) is 7.98. The number of carbonyl (C=O) groups excluding carboxylic acids is 2. The van der Waals surface area contributed by atoms with Gasteiger partial charge >= 0.3 is 6.03 Å². The molecule has 0 aliphatic carbocycles. The van der Waals surface area contributed by atoms with Crippen molar-refractivity contribution in [1.29, 1.82) is 0 Å². The van der Waals surface area contributed by atoms with Gasteiger partial charge in [-0.1, -0.05) is 17.7 Å². The highest BCUT2D eigenvalue weighted by atomic mass is 35.5. The zero-order valence-electron chi connectivity index (χ0n) is 14.2. The Labute approximate surface area is 162 Å². The highest BCUT2D eigenvalue weighted by Crippen LogP contribution is 2.17. The van der Waals surface area contributed by atoms with Gasteiger partial charge in [-0.2, -0.15) is 0 Å². The van der Waals surface area contributed by atoms with Crippen molar-refractivity contribution in [3.8, 4) is 0 Å². The summed E-state index contributed by atoms with van der Waals surface area (Å²) in [5.41, 5.74) is 1.39. The first kappa shape index (κ1) is 19.2. The van der Waals surface area contributed by atoms with Crippen LogP contribution in [-0.2, 0) is 9.84 Å². The Hall–Kier alpha value is -2.58. The van der Waals surface area contributed by atoms with E-state index >= 15 is 0 Å². The maximum Gasteiger partial charge on any atom is 0.319 e. The van der Waals surface area contributed by atoms with E-state index in [1.165, 1.54) is 6.07 Å². The van der Waals surface area contributed by atoms with Crippen molar-refractivity contribution < 1.29 is 18.0 Å². The average molecular weight is 408 g/mol. The van der Waals surface area contributed by atoms with E-state index in [9.17, 15) is 18.0 Å². The van der Waals surface area contributed by atoms with Crippen LogP contribution in [0.2, 0.25) is 5.02 Å². The lowest BCUT2D eigenvalue weighted by Crippen LogP contribution is -2.38. The number of halogens is 1. The molecule has 1 atom stereocenters. The summed E-state index contributed by atoms with van der Waals surface area (Å²) in [6, 6.07) is 12.3. The van der Waals surface area contributed by atoms with Gasteiger partial charge in [0.1, 0.15) is 0 Å². The predicted molar refractivity (Wildman–Crippen MR) is 105 cm³/mol. The molecular weight excluding hydrogens is 390 g/mol. The van der Waals surface area contributed by atoms with Crippen LogP contribution in [0.25, 0.3) is 0 Å². The molecule has 27 heavy (non-hydrogen) atoms. The number of sulfone groups is 1. The monoisotopic (exact) mass is 407 g/mol. The van der Waals surface area contributed by atoms with Crippen LogP contribution in [-0.4, -0.2) is 37.9 Å². The van der Waals surface area contributed by atoms with E-state index in [2.05, 4.69) is 16.0 Å². The summed E-state index contributed by atoms with van der Waals surface area (Å²) in [7, 11) is -3.07. The van der Waals surface area contributed by atoms with Gasteiger partial charge in [-0.05, 0) is 48.9 Å². The molecule has 9 heteroatoms. The van der Waals surface area contributed by atoms with Crippen LogP contribution >= 0.6 is 11.6 Å². The third-order valence-corrected chi connectivity index (χ3v) is 6.07. The van der Waals surface area contributed by atoms with Crippen molar-refractivity contribution in [1.82, 2.24) is 5.32 Å². The Balaban J connectivity index is 1.60. The maximum atomic E-state index is 12.3. The molecule has 7 nitrogen and oxygen atoms in total. The van der Waals surface area contributed by atoms with Crippen LogP contribution in [0.1, 0.15) is 16.8 Å². The van der Waals surface area contributed by atoms with Crippen LogP contribution in [0.3, 0.4) is 0 Å². The van der Waals surface area contributed by atoms with Gasteiger partial charge in [0.25, 0.3) is 5.91 Å². The fourth-order valence-electron chi connectivity index (χ4n) is 2.74. The van der Waals surface area contributed by atoms with Gasteiger partial charge in [-0.3, -0.25) is 4.79 Å². The van der Waals surface area contributed by atoms with Gasteiger partial charge in [-0.25, -0.2) is 13.2 Å². The highest BCUT2D eigenvalue weighted by Gasteiger charge is 2.28. The lowest BCUT2D eigenvalue weighted by atomic mass is 10.2. The lowest BCUT2D eigenvalue weighted by molar-refractivity contribution is 0.102. The zero-order valence-corrected chi connectivity index (χ0v) is 15.8. The number of hydrogen-bond donors (Lipinski definition) is 3. The second-order valence-electron chi connectivity index (χ2n) is 6.24. The minimum absolute atomic E-state index is 0.0516. The van der Waals surface area contributed by atoms with Crippen LogP contribution in [0, 0.1) is 0 Å². The van der Waals surface area contributed by atoms with Crippen molar-refractivity contribution >= 4 is 44.8 Å². The van der Waals surface area contributed by atoms with Crippen molar-refractivity contribution in [3.05, 3.63) is 59.1 Å². The van der Waals surface area contributed by atoms with Gasteiger partial charge < -0.3 is 16.0 Å². The Bertz CT molecular complexity index is 961. The molecule has 0 aromatic heterocycles. The first-order valence-corrected chi connectivity index (χ1v) is 10.5. The fourth-order valence-corrected chi connectivity index (χ4v) is 4.54. The Morgan fingerprint density at radius 2 is 1.74 bits per heavy atom. The summed E-state index contributed by atoms with van der Waals surface area (Å²) in [6.45, 7) is 0. The third kappa shape index (κ3) is 5.45. The summed E-state index contributed by atoms with van der Waals surface area (Å²) >= 11 is 5.82. The molecule has 0 spiro atoms. The Morgan fingerprint density at radius 3 is 2.41 bits per heavy atom. The Kier molecular flexibility index (Phi) is 5.67. The van der Waals surface area contributed by atoms with E-state index in [0.29, 0.717) is 28.4 Å². The largest absolute Gasteiger partial charge is 0.334 e. The Morgan fingerprint density at radius 1 is 1.00 bits per heavy atom. The predicted octanol–water partition coefficient (Wildman–Crippen LogP) is 2.90. The molecule has 0 radical (unpaired) electrons. The third-order valence-electron chi connectivity index (χ3n) is 4.05. The van der Waals surface area contributed by atoms with E-state index in [1.54, 1.807) is 42.5 Å². The van der Waals surface area contributed by atoms with Crippen LogP contribution < -0.4 is 16.0 Å². The van der Waals surface area contributed by atoms with Gasteiger partial charge in [0.05, 0.1) is 11.5 Å². The number of urea groups is 1. The molecule has 2 aromatic carbocycles. The molecule has 3 rings (SSSR count). The summed E-state index contributed by atoms with van der Waals surface area (Å²) in [4.78, 5) is 24.4. The number of amides is 3. The summed E-state index contributed by atoms with van der Waals surface area (Å²) in [6.07, 6.45) is 0.402. The SMILES string of the molecule is O=C(Nc1cccc(C(=O)Nc2ccc(Cl)cc2)c1)N[C@H]1CCS(=O)(=O)C1. The van der Waals surface area contributed by atoms with Gasteiger partial charge in [0, 0.05) is 28.0 Å². The van der Waals surface area contributed by atoms with E-state index in [4.69, 9.17) is 11.6 Å². The molecular formula is C18H18ClN3O4S. The van der Waals surface area contributed by atoms with Crippen molar-refractivity contribution in [2.45, 2.75) is 12.5 Å². The maximum absolute atomic E-state index is 12.3. The molecule has 1 aliphatic heterocycles. The van der Waals surface area contributed by atoms with Crippen molar-refractivity contribution in [3.63, 3.8) is 0 Å². The first-order valence-electron chi connectivity index (χ1n) is 8.26. The van der Waals surface area contributed by atoms with Crippen molar-refractivity contribution in [2.24, 2.45) is 0 Å². The quantitative estimate of drug-likeness (QED) is 0.724. The van der Waals surface area contributed by atoms with E-state index in [0.717, 1.165) is 0 Å². The molecule has 1 saturated heterocycles. The van der Waals surface area contributed by atoms with Crippen LogP contribution in [0.15, 0.2) is 48.5 Å². The highest BCUT2D eigenvalue weighted by molar-refractivity contribution is 7.91. The smallest absolute Gasteiger partial charge is 0.319 e. The van der Waals surface area contributed by atoms with Gasteiger partial charge in [-0.15, -0.1) is 0 Å². The first-order chi connectivity index (χ1) is 12.8. The van der Waals surface area contributed by atoms with E-state index in [-0.39, 0.29) is 17.4 Å². The average Bonchev–Trinajstić information content (AvgIpc) is 2.95. The van der Waals surface area contributed by atoms with Gasteiger partial charge in [0.2, 0.25) is 0 Å². The summed E-state index contributed by atoms with van der Waals surface area (Å²) in [5.74, 6) is -0.300. The molecule has 3 amide bonds. The summed E-state index contributed by atoms with van der Waals surface area (Å²) in [5, 5.41) is 8.57. The molecule has 1 fully saturated rings. The number of hydrogen-bond acceptors (Lipinski definition) is 4. The molecule has 0 unspecified atom stereocenters. The fraction of sp³-hybridized carbons (Fsp3) is 0.222. The second-order valence-corrected chi connectivity index (χ2v) is 8.91. The number of rotatable bonds is 4. The molecule has 3 N–H and O–H groups in total. The normalized spacial score (nSPS) is 17.9. The molecule has 1 heterocycles. The van der Waals surface area contributed by atoms with Gasteiger partial charge in [0.15, 0.2) is 9.84 Å². The minimum atomic E-state index is -3.07. The van der Waals surface area contributed by atoms with Crippen LogP contribution in [0.4, 0.5) is 16.2 Å². The molecule has 0 saturated carbocycles. The molecule has 0 bridgehead atoms. The molecule has 1 aliphatic rings. The molecule has 2 aromatic rings.